The lowest BCUT2D eigenvalue weighted by Gasteiger charge is -2.41. The van der Waals surface area contributed by atoms with Crippen molar-refractivity contribution in [1.82, 2.24) is 0 Å². The van der Waals surface area contributed by atoms with Gasteiger partial charge in [0.15, 0.2) is 0 Å². The molecule has 3 aliphatic rings. The highest BCUT2D eigenvalue weighted by molar-refractivity contribution is 8.00. The van der Waals surface area contributed by atoms with Gasteiger partial charge < -0.3 is 9.31 Å². The van der Waals surface area contributed by atoms with Crippen LogP contribution >= 0.6 is 11.8 Å². The average Bonchev–Trinajstić information content (AvgIpc) is 3.43. The van der Waals surface area contributed by atoms with Gasteiger partial charge >= 0.3 is 7.12 Å². The summed E-state index contributed by atoms with van der Waals surface area (Å²) in [5, 5.41) is 9.72. The Bertz CT molecular complexity index is 1940. The number of rotatable bonds is 2. The first-order valence-electron chi connectivity index (χ1n) is 14.8. The molecule has 43 heavy (non-hydrogen) atoms. The first kappa shape index (κ1) is 26.5. The molecule has 1 saturated heterocycles. The van der Waals surface area contributed by atoms with Crippen LogP contribution in [0.4, 0.5) is 0 Å². The second-order valence-corrected chi connectivity index (χ2v) is 13.7. The molecule has 2 heterocycles. The minimum atomic E-state index is -0.522. The molecular formula is C38H30BNO2S. The Morgan fingerprint density at radius 3 is 1.79 bits per heavy atom. The number of nitrogens with zero attached hydrogens (tertiary/aromatic N) is 1. The number of benzene rings is 5. The van der Waals surface area contributed by atoms with Gasteiger partial charge in [-0.05, 0) is 89.8 Å². The van der Waals surface area contributed by atoms with Gasteiger partial charge in [0, 0.05) is 9.79 Å². The Hall–Kier alpha value is -4.08. The Labute approximate surface area is 257 Å². The van der Waals surface area contributed by atoms with Crippen LogP contribution < -0.4 is 5.46 Å². The van der Waals surface area contributed by atoms with Crippen LogP contribution in [0.15, 0.2) is 119 Å². The fraction of sp³-hybridized carbons (Fsp3) is 0.184. The molecule has 0 amide bonds. The summed E-state index contributed by atoms with van der Waals surface area (Å²) in [7, 11) is -0.494. The largest absolute Gasteiger partial charge is 0.496 e. The highest BCUT2D eigenvalue weighted by atomic mass is 32.2. The molecule has 0 unspecified atom stereocenters. The second-order valence-electron chi connectivity index (χ2n) is 12.6. The molecule has 208 valence electrons. The fourth-order valence-electron chi connectivity index (χ4n) is 7.11. The lowest BCUT2D eigenvalue weighted by atomic mass is 9.65. The van der Waals surface area contributed by atoms with Crippen molar-refractivity contribution in [1.29, 1.82) is 5.26 Å². The van der Waals surface area contributed by atoms with E-state index in [9.17, 15) is 5.26 Å². The minimum Gasteiger partial charge on any atom is -0.399 e. The molecule has 0 bridgehead atoms. The van der Waals surface area contributed by atoms with E-state index >= 15 is 0 Å². The van der Waals surface area contributed by atoms with Crippen LogP contribution in [0.1, 0.15) is 55.5 Å². The van der Waals surface area contributed by atoms with Crippen molar-refractivity contribution in [2.75, 3.05) is 0 Å². The molecule has 1 aliphatic carbocycles. The smallest absolute Gasteiger partial charge is 0.399 e. The lowest BCUT2D eigenvalue weighted by Crippen LogP contribution is -2.41. The summed E-state index contributed by atoms with van der Waals surface area (Å²) >= 11 is 1.80. The molecule has 0 radical (unpaired) electrons. The standard InChI is InChI=1S/C38H30BNO2S/c1-36(2)37(3,4)42-39(41-36)33-21-11-20-32-35(33)43-34-26(25-13-9-12-24(22-25)23-40)16-10-19-31(34)38(32)29-17-7-5-14-27(29)28-15-6-8-18-30(28)38/h5-22H,1-4H3. The summed E-state index contributed by atoms with van der Waals surface area (Å²) in [6.45, 7) is 8.43. The maximum atomic E-state index is 9.72. The predicted octanol–water partition coefficient (Wildman–Crippen LogP) is 8.35. The van der Waals surface area contributed by atoms with Gasteiger partial charge in [0.1, 0.15) is 0 Å². The number of nitriles is 1. The molecule has 0 N–H and O–H groups in total. The second kappa shape index (κ2) is 9.21. The van der Waals surface area contributed by atoms with Gasteiger partial charge in [-0.3, -0.25) is 0 Å². The highest BCUT2D eigenvalue weighted by Crippen LogP contribution is 2.63. The summed E-state index contributed by atoms with van der Waals surface area (Å²) in [6, 6.07) is 41.2. The van der Waals surface area contributed by atoms with Gasteiger partial charge in [0.2, 0.25) is 0 Å². The molecule has 1 fully saturated rings. The maximum absolute atomic E-state index is 9.72. The number of hydrogen-bond acceptors (Lipinski definition) is 4. The van der Waals surface area contributed by atoms with E-state index in [4.69, 9.17) is 9.31 Å². The monoisotopic (exact) mass is 575 g/mol. The maximum Gasteiger partial charge on any atom is 0.496 e. The zero-order chi connectivity index (χ0) is 29.6. The minimum absolute atomic E-state index is 0.454. The van der Waals surface area contributed by atoms with E-state index in [-0.39, 0.29) is 0 Å². The van der Waals surface area contributed by atoms with Crippen molar-refractivity contribution in [3.05, 3.63) is 137 Å². The Kier molecular flexibility index (Phi) is 5.69. The van der Waals surface area contributed by atoms with Crippen molar-refractivity contribution in [3.63, 3.8) is 0 Å². The predicted molar refractivity (Wildman–Crippen MR) is 174 cm³/mol. The third-order valence-electron chi connectivity index (χ3n) is 9.83. The molecule has 0 saturated carbocycles. The number of fused-ring (bicyclic) bond motifs is 9. The van der Waals surface area contributed by atoms with E-state index in [1.165, 1.54) is 43.2 Å². The summed E-state index contributed by atoms with van der Waals surface area (Å²) in [6.07, 6.45) is 0. The summed E-state index contributed by atoms with van der Waals surface area (Å²) < 4.78 is 13.3. The average molecular weight is 576 g/mol. The molecule has 8 rings (SSSR count). The Balaban J connectivity index is 1.47. The molecule has 0 atom stereocenters. The fourth-order valence-corrected chi connectivity index (χ4v) is 8.55. The quantitative estimate of drug-likeness (QED) is 0.194. The van der Waals surface area contributed by atoms with Gasteiger partial charge in [-0.2, -0.15) is 5.26 Å². The Morgan fingerprint density at radius 1 is 0.605 bits per heavy atom. The topological polar surface area (TPSA) is 42.2 Å². The van der Waals surface area contributed by atoms with Gasteiger partial charge in [0.05, 0.1) is 28.2 Å². The van der Waals surface area contributed by atoms with Crippen molar-refractivity contribution in [2.45, 2.75) is 54.1 Å². The zero-order valence-corrected chi connectivity index (χ0v) is 25.5. The molecule has 0 aromatic heterocycles. The van der Waals surface area contributed by atoms with E-state index in [2.05, 4.69) is 125 Å². The molecule has 5 heteroatoms. The van der Waals surface area contributed by atoms with Gasteiger partial charge in [-0.25, -0.2) is 0 Å². The molecule has 1 spiro atoms. The van der Waals surface area contributed by atoms with E-state index in [1.807, 2.05) is 18.2 Å². The van der Waals surface area contributed by atoms with Crippen molar-refractivity contribution in [2.24, 2.45) is 0 Å². The van der Waals surface area contributed by atoms with E-state index in [1.54, 1.807) is 11.8 Å². The van der Waals surface area contributed by atoms with Crippen molar-refractivity contribution >= 4 is 24.3 Å². The highest BCUT2D eigenvalue weighted by Gasteiger charge is 2.55. The zero-order valence-electron chi connectivity index (χ0n) is 24.6. The van der Waals surface area contributed by atoms with Gasteiger partial charge in [0.25, 0.3) is 0 Å². The van der Waals surface area contributed by atoms with Crippen LogP contribution in [0.3, 0.4) is 0 Å². The molecule has 5 aromatic rings. The van der Waals surface area contributed by atoms with Crippen LogP contribution in [0, 0.1) is 11.3 Å². The first-order valence-corrected chi connectivity index (χ1v) is 15.6. The van der Waals surface area contributed by atoms with Crippen molar-refractivity contribution in [3.8, 4) is 28.3 Å². The van der Waals surface area contributed by atoms with Gasteiger partial charge in [-0.1, -0.05) is 109 Å². The summed E-state index contributed by atoms with van der Waals surface area (Å²) in [4.78, 5) is 2.37. The van der Waals surface area contributed by atoms with Gasteiger partial charge in [-0.15, -0.1) is 0 Å². The van der Waals surface area contributed by atoms with Crippen LogP contribution in [-0.4, -0.2) is 18.3 Å². The first-order chi connectivity index (χ1) is 20.8. The molecule has 3 nitrogen and oxygen atoms in total. The molecule has 2 aliphatic heterocycles. The van der Waals surface area contributed by atoms with Crippen LogP contribution in [-0.2, 0) is 14.7 Å². The number of hydrogen-bond donors (Lipinski definition) is 0. The lowest BCUT2D eigenvalue weighted by molar-refractivity contribution is 0.00578. The summed E-state index contributed by atoms with van der Waals surface area (Å²) in [5.74, 6) is 0. The SMILES string of the molecule is CC1(C)OB(c2cccc3c2Sc2c(-c4cccc(C#N)c4)cccc2C32c3ccccc3-c3ccccc32)OC1(C)C. The van der Waals surface area contributed by atoms with E-state index < -0.39 is 23.7 Å². The van der Waals surface area contributed by atoms with E-state index in [0.717, 1.165) is 16.6 Å². The van der Waals surface area contributed by atoms with Crippen molar-refractivity contribution < 1.29 is 9.31 Å². The van der Waals surface area contributed by atoms with Crippen LogP contribution in [0.2, 0.25) is 0 Å². The molecular weight excluding hydrogens is 545 g/mol. The molecule has 5 aromatic carbocycles. The normalized spacial score (nSPS) is 18.0. The summed E-state index contributed by atoms with van der Waals surface area (Å²) in [5.41, 5.74) is 10.0. The van der Waals surface area contributed by atoms with Crippen LogP contribution in [0.5, 0.6) is 0 Å². The Morgan fingerprint density at radius 2 is 1.14 bits per heavy atom. The third-order valence-corrected chi connectivity index (χ3v) is 11.1. The third kappa shape index (κ3) is 3.58. The van der Waals surface area contributed by atoms with Crippen LogP contribution in [0.25, 0.3) is 22.3 Å². The van der Waals surface area contributed by atoms with E-state index in [0.29, 0.717) is 5.56 Å².